The van der Waals surface area contributed by atoms with Gasteiger partial charge in [-0.25, -0.2) is 9.18 Å². The topological polar surface area (TPSA) is 41.6 Å². The number of ether oxygens (including phenoxy) is 1. The van der Waals surface area contributed by atoms with Crippen molar-refractivity contribution in [1.82, 2.24) is 4.90 Å². The van der Waals surface area contributed by atoms with Gasteiger partial charge >= 0.3 is 6.09 Å². The number of hydrogen-bond donors (Lipinski definition) is 1. The first-order valence-electron chi connectivity index (χ1n) is 6.90. The molecular formula is C15H22BrFN2O2. The average Bonchev–Trinajstić information content (AvgIpc) is 2.34. The Labute approximate surface area is 133 Å². The van der Waals surface area contributed by atoms with Crippen molar-refractivity contribution >= 4 is 27.7 Å². The summed E-state index contributed by atoms with van der Waals surface area (Å²) in [6, 6.07) is 4.44. The van der Waals surface area contributed by atoms with Gasteiger partial charge in [0.15, 0.2) is 0 Å². The van der Waals surface area contributed by atoms with Crippen LogP contribution in [0.4, 0.5) is 14.9 Å². The summed E-state index contributed by atoms with van der Waals surface area (Å²) < 4.78 is 19.0. The minimum Gasteiger partial charge on any atom is -0.444 e. The van der Waals surface area contributed by atoms with E-state index in [1.54, 1.807) is 11.0 Å². The Bertz CT molecular complexity index is 489. The molecule has 1 aromatic carbocycles. The van der Waals surface area contributed by atoms with Gasteiger partial charge in [0.05, 0.1) is 0 Å². The molecule has 1 N–H and O–H groups in total. The van der Waals surface area contributed by atoms with Crippen molar-refractivity contribution in [1.29, 1.82) is 0 Å². The predicted octanol–water partition coefficient (Wildman–Crippen LogP) is 4.26. The van der Waals surface area contributed by atoms with Gasteiger partial charge in [-0.2, -0.15) is 0 Å². The summed E-state index contributed by atoms with van der Waals surface area (Å²) >= 11 is 3.29. The van der Waals surface area contributed by atoms with E-state index in [0.29, 0.717) is 24.1 Å². The van der Waals surface area contributed by atoms with E-state index in [2.05, 4.69) is 21.2 Å². The number of nitrogens with one attached hydrogen (secondary N) is 1. The molecule has 0 heterocycles. The standard InChI is InChI=1S/C15H22BrFN2O2/c1-5-19(14(20)21-15(2,3)4)9-8-18-13-7-6-11(17)10-12(13)16/h6-7,10,18H,5,8-9H2,1-4H3. The minimum absolute atomic E-state index is 0.295. The van der Waals surface area contributed by atoms with E-state index in [1.165, 1.54) is 12.1 Å². The second-order valence-electron chi connectivity index (χ2n) is 5.61. The molecule has 0 unspecified atom stereocenters. The van der Waals surface area contributed by atoms with E-state index in [4.69, 9.17) is 4.74 Å². The fraction of sp³-hybridized carbons (Fsp3) is 0.533. The van der Waals surface area contributed by atoms with Crippen LogP contribution in [-0.2, 0) is 4.74 Å². The maximum atomic E-state index is 13.0. The van der Waals surface area contributed by atoms with Gasteiger partial charge in [-0.1, -0.05) is 0 Å². The number of benzene rings is 1. The van der Waals surface area contributed by atoms with E-state index in [9.17, 15) is 9.18 Å². The number of likely N-dealkylation sites (N-methyl/N-ethyl adjacent to an activating group) is 1. The summed E-state index contributed by atoms with van der Waals surface area (Å²) in [6.07, 6.45) is -0.329. The quantitative estimate of drug-likeness (QED) is 0.852. The highest BCUT2D eigenvalue weighted by atomic mass is 79.9. The van der Waals surface area contributed by atoms with E-state index >= 15 is 0 Å². The number of carbonyl (C=O) groups is 1. The molecule has 0 atom stereocenters. The lowest BCUT2D eigenvalue weighted by atomic mass is 10.2. The Balaban J connectivity index is 2.50. The van der Waals surface area contributed by atoms with Crippen molar-refractivity contribution < 1.29 is 13.9 Å². The fourth-order valence-corrected chi connectivity index (χ4v) is 2.15. The molecule has 0 bridgehead atoms. The first-order valence-corrected chi connectivity index (χ1v) is 7.69. The van der Waals surface area contributed by atoms with Crippen LogP contribution in [0.15, 0.2) is 22.7 Å². The molecule has 0 fully saturated rings. The summed E-state index contributed by atoms with van der Waals surface area (Å²) in [5.74, 6) is -0.295. The minimum atomic E-state index is -0.502. The van der Waals surface area contributed by atoms with Crippen LogP contribution < -0.4 is 5.32 Å². The van der Waals surface area contributed by atoms with Crippen LogP contribution in [0.25, 0.3) is 0 Å². The molecule has 0 saturated heterocycles. The van der Waals surface area contributed by atoms with Gasteiger partial charge < -0.3 is 15.0 Å². The van der Waals surface area contributed by atoms with Gasteiger partial charge in [0, 0.05) is 29.8 Å². The third-order valence-electron chi connectivity index (χ3n) is 2.66. The number of amides is 1. The molecule has 1 rings (SSSR count). The first-order chi connectivity index (χ1) is 9.73. The van der Waals surface area contributed by atoms with Crippen molar-refractivity contribution in [3.05, 3.63) is 28.5 Å². The number of carbonyl (C=O) groups excluding carboxylic acids is 1. The number of hydrogen-bond acceptors (Lipinski definition) is 3. The van der Waals surface area contributed by atoms with Gasteiger partial charge in [-0.05, 0) is 61.8 Å². The zero-order valence-corrected chi connectivity index (χ0v) is 14.5. The van der Waals surface area contributed by atoms with Gasteiger partial charge in [-0.15, -0.1) is 0 Å². The molecule has 0 aliphatic rings. The van der Waals surface area contributed by atoms with Crippen molar-refractivity contribution in [3.8, 4) is 0 Å². The Morgan fingerprint density at radius 1 is 1.43 bits per heavy atom. The van der Waals surface area contributed by atoms with Crippen LogP contribution in [-0.4, -0.2) is 36.2 Å². The Hall–Kier alpha value is -1.30. The molecule has 0 aliphatic carbocycles. The molecule has 1 aromatic rings. The van der Waals surface area contributed by atoms with E-state index in [0.717, 1.165) is 5.69 Å². The lowest BCUT2D eigenvalue weighted by molar-refractivity contribution is 0.0267. The van der Waals surface area contributed by atoms with Crippen LogP contribution in [0.2, 0.25) is 0 Å². The smallest absolute Gasteiger partial charge is 0.410 e. The third kappa shape index (κ3) is 6.33. The van der Waals surface area contributed by atoms with E-state index < -0.39 is 5.60 Å². The predicted molar refractivity (Wildman–Crippen MR) is 86.1 cm³/mol. The lowest BCUT2D eigenvalue weighted by Gasteiger charge is -2.26. The second-order valence-corrected chi connectivity index (χ2v) is 6.47. The van der Waals surface area contributed by atoms with Crippen LogP contribution in [0.3, 0.4) is 0 Å². The lowest BCUT2D eigenvalue weighted by Crippen LogP contribution is -2.39. The number of nitrogens with zero attached hydrogens (tertiary/aromatic N) is 1. The molecule has 0 saturated carbocycles. The van der Waals surface area contributed by atoms with Crippen LogP contribution in [0, 0.1) is 5.82 Å². The molecule has 0 spiro atoms. The SMILES string of the molecule is CCN(CCNc1ccc(F)cc1Br)C(=O)OC(C)(C)C. The van der Waals surface area contributed by atoms with Crippen LogP contribution in [0.5, 0.6) is 0 Å². The molecule has 4 nitrogen and oxygen atoms in total. The van der Waals surface area contributed by atoms with Gasteiger partial charge in [0.2, 0.25) is 0 Å². The van der Waals surface area contributed by atoms with E-state index in [-0.39, 0.29) is 11.9 Å². The second kappa shape index (κ2) is 7.64. The highest BCUT2D eigenvalue weighted by Gasteiger charge is 2.20. The zero-order valence-electron chi connectivity index (χ0n) is 12.9. The van der Waals surface area contributed by atoms with E-state index in [1.807, 2.05) is 27.7 Å². The highest BCUT2D eigenvalue weighted by molar-refractivity contribution is 9.10. The number of rotatable bonds is 5. The Morgan fingerprint density at radius 2 is 2.10 bits per heavy atom. The molecule has 0 radical (unpaired) electrons. The largest absolute Gasteiger partial charge is 0.444 e. The normalized spacial score (nSPS) is 11.1. The number of anilines is 1. The molecule has 0 aromatic heterocycles. The first kappa shape index (κ1) is 17.8. The summed E-state index contributed by atoms with van der Waals surface area (Å²) in [4.78, 5) is 13.6. The van der Waals surface area contributed by atoms with Crippen molar-refractivity contribution in [3.63, 3.8) is 0 Å². The van der Waals surface area contributed by atoms with Crippen LogP contribution >= 0.6 is 15.9 Å². The van der Waals surface area contributed by atoms with Crippen molar-refractivity contribution in [2.45, 2.75) is 33.3 Å². The molecule has 6 heteroatoms. The van der Waals surface area contributed by atoms with Crippen LogP contribution in [0.1, 0.15) is 27.7 Å². The monoisotopic (exact) mass is 360 g/mol. The molecule has 0 aliphatic heterocycles. The van der Waals surface area contributed by atoms with Gasteiger partial charge in [0.25, 0.3) is 0 Å². The van der Waals surface area contributed by atoms with Crippen molar-refractivity contribution in [2.75, 3.05) is 25.0 Å². The summed E-state index contributed by atoms with van der Waals surface area (Å²) in [5.41, 5.74) is 0.286. The fourth-order valence-electron chi connectivity index (χ4n) is 1.66. The summed E-state index contributed by atoms with van der Waals surface area (Å²) in [6.45, 7) is 9.05. The Kier molecular flexibility index (Phi) is 6.45. The summed E-state index contributed by atoms with van der Waals surface area (Å²) in [7, 11) is 0. The van der Waals surface area contributed by atoms with Crippen molar-refractivity contribution in [2.24, 2.45) is 0 Å². The molecule has 1 amide bonds. The maximum Gasteiger partial charge on any atom is 0.410 e. The molecular weight excluding hydrogens is 339 g/mol. The van der Waals surface area contributed by atoms with Gasteiger partial charge in [0.1, 0.15) is 11.4 Å². The average molecular weight is 361 g/mol. The summed E-state index contributed by atoms with van der Waals surface area (Å²) in [5, 5.41) is 3.16. The highest BCUT2D eigenvalue weighted by Crippen LogP contribution is 2.22. The zero-order chi connectivity index (χ0) is 16.0. The third-order valence-corrected chi connectivity index (χ3v) is 3.32. The Morgan fingerprint density at radius 3 is 2.62 bits per heavy atom. The number of halogens is 2. The molecule has 21 heavy (non-hydrogen) atoms. The molecule has 118 valence electrons. The maximum absolute atomic E-state index is 13.0. The van der Waals surface area contributed by atoms with Gasteiger partial charge in [-0.3, -0.25) is 0 Å².